The van der Waals surface area contributed by atoms with E-state index in [9.17, 15) is 9.59 Å². The lowest BCUT2D eigenvalue weighted by Gasteiger charge is -2.13. The minimum absolute atomic E-state index is 0.168. The molecule has 3 aromatic carbocycles. The highest BCUT2D eigenvalue weighted by Gasteiger charge is 2.10. The van der Waals surface area contributed by atoms with Crippen molar-refractivity contribution in [2.45, 2.75) is 6.92 Å². The quantitative estimate of drug-likeness (QED) is 0.641. The van der Waals surface area contributed by atoms with E-state index in [0.29, 0.717) is 23.0 Å². The van der Waals surface area contributed by atoms with Gasteiger partial charge in [0, 0.05) is 0 Å². The molecule has 3 aromatic rings. The maximum absolute atomic E-state index is 10.9. The van der Waals surface area contributed by atoms with E-state index in [2.05, 4.69) is 0 Å². The van der Waals surface area contributed by atoms with Gasteiger partial charge in [0.05, 0.1) is 11.1 Å². The Morgan fingerprint density at radius 3 is 1.56 bits per heavy atom. The first-order valence-corrected chi connectivity index (χ1v) is 8.05. The number of rotatable bonds is 6. The van der Waals surface area contributed by atoms with Crippen molar-refractivity contribution >= 4 is 11.9 Å². The third-order valence-electron chi connectivity index (χ3n) is 3.76. The summed E-state index contributed by atoms with van der Waals surface area (Å²) in [4.78, 5) is 21.9. The van der Waals surface area contributed by atoms with E-state index in [1.165, 1.54) is 24.3 Å². The van der Waals surface area contributed by atoms with Crippen molar-refractivity contribution in [3.05, 3.63) is 83.4 Å². The van der Waals surface area contributed by atoms with Crippen molar-refractivity contribution in [3.63, 3.8) is 0 Å². The lowest BCUT2D eigenvalue weighted by atomic mass is 10.2. The molecule has 0 saturated heterocycles. The van der Waals surface area contributed by atoms with Gasteiger partial charge in [-0.05, 0) is 73.2 Å². The summed E-state index contributed by atoms with van der Waals surface area (Å²) in [7, 11) is 0. The van der Waals surface area contributed by atoms with Crippen molar-refractivity contribution < 1.29 is 29.3 Å². The smallest absolute Gasteiger partial charge is 0.335 e. The Hall–Kier alpha value is -3.80. The molecule has 0 bridgehead atoms. The fourth-order valence-corrected chi connectivity index (χ4v) is 2.36. The van der Waals surface area contributed by atoms with Crippen LogP contribution < -0.4 is 9.47 Å². The molecule has 3 rings (SSSR count). The van der Waals surface area contributed by atoms with E-state index < -0.39 is 11.9 Å². The van der Waals surface area contributed by atoms with Gasteiger partial charge in [-0.2, -0.15) is 0 Å². The van der Waals surface area contributed by atoms with Crippen LogP contribution in [0.3, 0.4) is 0 Å². The Bertz CT molecular complexity index is 975. The summed E-state index contributed by atoms with van der Waals surface area (Å²) in [6.07, 6.45) is 0. The summed E-state index contributed by atoms with van der Waals surface area (Å²) >= 11 is 0. The highest BCUT2D eigenvalue weighted by Crippen LogP contribution is 2.35. The van der Waals surface area contributed by atoms with Crippen LogP contribution in [0.1, 0.15) is 26.3 Å². The van der Waals surface area contributed by atoms with Gasteiger partial charge in [-0.3, -0.25) is 0 Å². The molecule has 136 valence electrons. The molecule has 0 aromatic heterocycles. The fourth-order valence-electron chi connectivity index (χ4n) is 2.36. The van der Waals surface area contributed by atoms with E-state index in [-0.39, 0.29) is 11.1 Å². The number of carbonyl (C=O) groups is 2. The van der Waals surface area contributed by atoms with Crippen LogP contribution in [0.25, 0.3) is 0 Å². The summed E-state index contributed by atoms with van der Waals surface area (Å²) < 4.78 is 11.7. The van der Waals surface area contributed by atoms with Crippen LogP contribution in [0.5, 0.6) is 23.0 Å². The van der Waals surface area contributed by atoms with Gasteiger partial charge in [-0.25, -0.2) is 9.59 Å². The molecule has 0 radical (unpaired) electrons. The Morgan fingerprint density at radius 2 is 1.11 bits per heavy atom. The fraction of sp³-hybridized carbons (Fsp3) is 0.0476. The average molecular weight is 364 g/mol. The van der Waals surface area contributed by atoms with Gasteiger partial charge in [0.15, 0.2) is 11.5 Å². The third kappa shape index (κ3) is 4.43. The molecular formula is C21H16O6. The lowest BCUT2D eigenvalue weighted by molar-refractivity contribution is 0.0686. The monoisotopic (exact) mass is 364 g/mol. The van der Waals surface area contributed by atoms with E-state index >= 15 is 0 Å². The number of hydrogen-bond donors (Lipinski definition) is 2. The molecule has 0 unspecified atom stereocenters. The SMILES string of the molecule is Cc1ccc(Oc2ccc(C(=O)O)cc2)c(Oc2ccc(C(=O)O)cc2)c1. The first kappa shape index (κ1) is 18.0. The topological polar surface area (TPSA) is 93.1 Å². The number of ether oxygens (including phenoxy) is 2. The molecule has 27 heavy (non-hydrogen) atoms. The molecule has 6 heteroatoms. The van der Waals surface area contributed by atoms with Gasteiger partial charge < -0.3 is 19.7 Å². The molecule has 6 nitrogen and oxygen atoms in total. The van der Waals surface area contributed by atoms with Crippen LogP contribution in [-0.2, 0) is 0 Å². The lowest BCUT2D eigenvalue weighted by Crippen LogP contribution is -1.96. The number of aryl methyl sites for hydroxylation is 1. The van der Waals surface area contributed by atoms with Crippen molar-refractivity contribution in [1.82, 2.24) is 0 Å². The van der Waals surface area contributed by atoms with Crippen LogP contribution in [0.2, 0.25) is 0 Å². The first-order valence-electron chi connectivity index (χ1n) is 8.05. The molecule has 0 aliphatic heterocycles. The predicted octanol–water partition coefficient (Wildman–Crippen LogP) is 4.98. The zero-order valence-electron chi connectivity index (χ0n) is 14.4. The Morgan fingerprint density at radius 1 is 0.667 bits per heavy atom. The van der Waals surface area contributed by atoms with E-state index in [4.69, 9.17) is 19.7 Å². The highest BCUT2D eigenvalue weighted by atomic mass is 16.5. The second-order valence-corrected chi connectivity index (χ2v) is 5.81. The summed E-state index contributed by atoms with van der Waals surface area (Å²) in [5, 5.41) is 17.9. The summed E-state index contributed by atoms with van der Waals surface area (Å²) in [5.74, 6) is -0.172. The molecule has 2 N–H and O–H groups in total. The van der Waals surface area contributed by atoms with Crippen LogP contribution in [0, 0.1) is 6.92 Å². The summed E-state index contributed by atoms with van der Waals surface area (Å²) in [5.41, 5.74) is 1.29. The van der Waals surface area contributed by atoms with Crippen LogP contribution >= 0.6 is 0 Å². The standard InChI is InChI=1S/C21H16O6/c1-13-2-11-18(26-16-7-3-14(4-8-16)20(22)23)19(12-13)27-17-9-5-15(6-10-17)21(24)25/h2-12H,1H3,(H,22,23)(H,24,25). The maximum Gasteiger partial charge on any atom is 0.335 e. The number of carboxylic acids is 2. The number of hydrogen-bond acceptors (Lipinski definition) is 4. The van der Waals surface area contributed by atoms with Crippen LogP contribution in [0.4, 0.5) is 0 Å². The third-order valence-corrected chi connectivity index (χ3v) is 3.76. The van der Waals surface area contributed by atoms with Gasteiger partial charge in [-0.1, -0.05) is 6.07 Å². The highest BCUT2D eigenvalue weighted by molar-refractivity contribution is 5.88. The normalized spacial score (nSPS) is 10.3. The second-order valence-electron chi connectivity index (χ2n) is 5.81. The predicted molar refractivity (Wildman–Crippen MR) is 98.1 cm³/mol. The molecule has 0 fully saturated rings. The summed E-state index contributed by atoms with van der Waals surface area (Å²) in [6, 6.07) is 17.5. The number of benzene rings is 3. The van der Waals surface area contributed by atoms with Gasteiger partial charge in [0.25, 0.3) is 0 Å². The zero-order chi connectivity index (χ0) is 19.4. The molecule has 0 atom stereocenters. The second kappa shape index (κ2) is 7.61. The maximum atomic E-state index is 10.9. The van der Waals surface area contributed by atoms with Gasteiger partial charge in [0.2, 0.25) is 0 Å². The summed E-state index contributed by atoms with van der Waals surface area (Å²) in [6.45, 7) is 1.91. The Kier molecular flexibility index (Phi) is 5.08. The van der Waals surface area contributed by atoms with E-state index in [1.54, 1.807) is 36.4 Å². The molecule has 0 aliphatic rings. The minimum atomic E-state index is -1.01. The average Bonchev–Trinajstić information content (AvgIpc) is 2.65. The molecule has 0 aliphatic carbocycles. The van der Waals surface area contributed by atoms with Crippen molar-refractivity contribution in [1.29, 1.82) is 0 Å². The number of aromatic carboxylic acids is 2. The Balaban J connectivity index is 1.84. The Labute approximate surface area is 155 Å². The van der Waals surface area contributed by atoms with Gasteiger partial charge in [0.1, 0.15) is 11.5 Å². The minimum Gasteiger partial charge on any atom is -0.478 e. The van der Waals surface area contributed by atoms with Crippen molar-refractivity contribution in [3.8, 4) is 23.0 Å². The first-order chi connectivity index (χ1) is 12.9. The van der Waals surface area contributed by atoms with Gasteiger partial charge in [-0.15, -0.1) is 0 Å². The molecule has 0 spiro atoms. The van der Waals surface area contributed by atoms with Crippen LogP contribution in [0.15, 0.2) is 66.7 Å². The molecular weight excluding hydrogens is 348 g/mol. The molecule has 0 heterocycles. The van der Waals surface area contributed by atoms with Crippen molar-refractivity contribution in [2.24, 2.45) is 0 Å². The van der Waals surface area contributed by atoms with Crippen LogP contribution in [-0.4, -0.2) is 22.2 Å². The largest absolute Gasteiger partial charge is 0.478 e. The van der Waals surface area contributed by atoms with Gasteiger partial charge >= 0.3 is 11.9 Å². The molecule has 0 amide bonds. The van der Waals surface area contributed by atoms with E-state index in [1.807, 2.05) is 13.0 Å². The van der Waals surface area contributed by atoms with E-state index in [0.717, 1.165) is 5.56 Å². The molecule has 0 saturated carbocycles. The number of carboxylic acid groups (broad SMARTS) is 2. The van der Waals surface area contributed by atoms with Crippen molar-refractivity contribution in [2.75, 3.05) is 0 Å². The zero-order valence-corrected chi connectivity index (χ0v) is 14.4.